The normalized spacial score (nSPS) is 11.6. The molecule has 0 heterocycles. The van der Waals surface area contributed by atoms with Crippen molar-refractivity contribution in [2.24, 2.45) is 5.92 Å². The van der Waals surface area contributed by atoms with Crippen molar-refractivity contribution in [2.45, 2.75) is 40.2 Å². The fourth-order valence-corrected chi connectivity index (χ4v) is 2.28. The van der Waals surface area contributed by atoms with Crippen molar-refractivity contribution in [3.63, 3.8) is 0 Å². The second-order valence-corrected chi connectivity index (χ2v) is 6.43. The summed E-state index contributed by atoms with van der Waals surface area (Å²) in [5, 5.41) is 3.76. The summed E-state index contributed by atoms with van der Waals surface area (Å²) in [5.74, 6) is 0.454. The maximum atomic E-state index is 12.4. The Labute approximate surface area is 127 Å². The summed E-state index contributed by atoms with van der Waals surface area (Å²) in [5.41, 5.74) is 0.547. The molecule has 0 atom stereocenters. The lowest BCUT2D eigenvalue weighted by molar-refractivity contribution is 0.183. The van der Waals surface area contributed by atoms with Gasteiger partial charge in [-0.15, -0.1) is 0 Å². The van der Waals surface area contributed by atoms with Crippen LogP contribution in [0, 0.1) is 5.92 Å². The van der Waals surface area contributed by atoms with Gasteiger partial charge in [0.05, 0.1) is 5.54 Å². The molecule has 0 radical (unpaired) electrons. The lowest BCUT2D eigenvalue weighted by atomic mass is 9.94. The minimum atomic E-state index is -0.452. The number of nitrogens with one attached hydrogen (secondary N) is 1. The first-order valence-electron chi connectivity index (χ1n) is 7.09. The van der Waals surface area contributed by atoms with Gasteiger partial charge in [0, 0.05) is 18.1 Å². The van der Waals surface area contributed by atoms with Crippen molar-refractivity contribution >= 4 is 17.6 Å². The maximum absolute atomic E-state index is 12.4. The average molecular weight is 297 g/mol. The molecular weight excluding hydrogens is 272 g/mol. The predicted octanol–water partition coefficient (Wildman–Crippen LogP) is 4.26. The number of benzene rings is 1. The molecule has 1 aromatic carbocycles. The summed E-state index contributed by atoms with van der Waals surface area (Å²) in [6.07, 6.45) is 0. The minimum absolute atomic E-state index is 0.0359. The highest BCUT2D eigenvalue weighted by Crippen LogP contribution is 2.23. The SMILES string of the molecule is CCN(CC(C)C)C(=O)NC(C)(C)c1cccc(Cl)c1. The molecule has 20 heavy (non-hydrogen) atoms. The molecule has 0 bridgehead atoms. The molecule has 4 heteroatoms. The molecule has 1 rings (SSSR count). The van der Waals surface area contributed by atoms with Gasteiger partial charge in [0.2, 0.25) is 0 Å². The highest BCUT2D eigenvalue weighted by molar-refractivity contribution is 6.30. The number of hydrogen-bond donors (Lipinski definition) is 1. The molecule has 0 aromatic heterocycles. The molecular formula is C16H25ClN2O. The standard InChI is InChI=1S/C16H25ClN2O/c1-6-19(11-12(2)3)15(20)18-16(4,5)13-8-7-9-14(17)10-13/h7-10,12H,6,11H2,1-5H3,(H,18,20). The number of urea groups is 1. The zero-order valence-electron chi connectivity index (χ0n) is 13.0. The van der Waals surface area contributed by atoms with Gasteiger partial charge >= 0.3 is 6.03 Å². The second-order valence-electron chi connectivity index (χ2n) is 6.00. The molecule has 2 amide bonds. The molecule has 1 N–H and O–H groups in total. The van der Waals surface area contributed by atoms with Gasteiger partial charge in [-0.25, -0.2) is 4.79 Å². The number of nitrogens with zero attached hydrogens (tertiary/aromatic N) is 1. The van der Waals surface area contributed by atoms with Crippen molar-refractivity contribution < 1.29 is 4.79 Å². The topological polar surface area (TPSA) is 32.3 Å². The Morgan fingerprint density at radius 2 is 2.05 bits per heavy atom. The van der Waals surface area contributed by atoms with E-state index in [4.69, 9.17) is 11.6 Å². The number of halogens is 1. The average Bonchev–Trinajstić information content (AvgIpc) is 2.35. The Morgan fingerprint density at radius 3 is 2.55 bits per heavy atom. The highest BCUT2D eigenvalue weighted by atomic mass is 35.5. The molecule has 0 aliphatic heterocycles. The fourth-order valence-electron chi connectivity index (χ4n) is 2.09. The van der Waals surface area contributed by atoms with Crippen LogP contribution in [0.3, 0.4) is 0 Å². The van der Waals surface area contributed by atoms with Crippen LogP contribution in [0.25, 0.3) is 0 Å². The zero-order chi connectivity index (χ0) is 15.3. The molecule has 0 aliphatic rings. The van der Waals surface area contributed by atoms with Crippen LogP contribution in [-0.2, 0) is 5.54 Å². The number of carbonyl (C=O) groups excluding carboxylic acids is 1. The van der Waals surface area contributed by atoms with Crippen molar-refractivity contribution in [1.82, 2.24) is 10.2 Å². The first-order valence-corrected chi connectivity index (χ1v) is 7.47. The van der Waals surface area contributed by atoms with Crippen LogP contribution < -0.4 is 5.32 Å². The van der Waals surface area contributed by atoms with Gasteiger partial charge in [-0.3, -0.25) is 0 Å². The lowest BCUT2D eigenvalue weighted by Gasteiger charge is -2.31. The molecule has 0 aliphatic carbocycles. The van der Waals surface area contributed by atoms with E-state index in [1.807, 2.05) is 49.9 Å². The highest BCUT2D eigenvalue weighted by Gasteiger charge is 2.25. The third kappa shape index (κ3) is 4.71. The van der Waals surface area contributed by atoms with Crippen LogP contribution in [0.2, 0.25) is 5.02 Å². The van der Waals surface area contributed by atoms with E-state index in [0.717, 1.165) is 12.1 Å². The summed E-state index contributed by atoms with van der Waals surface area (Å²) in [6, 6.07) is 7.56. The molecule has 0 saturated heterocycles. The second kappa shape index (κ2) is 6.98. The lowest BCUT2D eigenvalue weighted by Crippen LogP contribution is -2.49. The summed E-state index contributed by atoms with van der Waals surface area (Å²) < 4.78 is 0. The van der Waals surface area contributed by atoms with Gasteiger partial charge in [0.15, 0.2) is 0 Å². The van der Waals surface area contributed by atoms with E-state index in [9.17, 15) is 4.79 Å². The summed E-state index contributed by atoms with van der Waals surface area (Å²) >= 11 is 6.02. The van der Waals surface area contributed by atoms with Crippen molar-refractivity contribution in [2.75, 3.05) is 13.1 Å². The fraction of sp³-hybridized carbons (Fsp3) is 0.562. The minimum Gasteiger partial charge on any atom is -0.329 e. The van der Waals surface area contributed by atoms with Crippen LogP contribution in [0.1, 0.15) is 40.2 Å². The Morgan fingerprint density at radius 1 is 1.40 bits per heavy atom. The van der Waals surface area contributed by atoms with Crippen LogP contribution >= 0.6 is 11.6 Å². The van der Waals surface area contributed by atoms with Gasteiger partial charge in [-0.1, -0.05) is 37.6 Å². The van der Waals surface area contributed by atoms with Gasteiger partial charge in [0.1, 0.15) is 0 Å². The van der Waals surface area contributed by atoms with Gasteiger partial charge in [0.25, 0.3) is 0 Å². The summed E-state index contributed by atoms with van der Waals surface area (Å²) in [7, 11) is 0. The number of hydrogen-bond acceptors (Lipinski definition) is 1. The quantitative estimate of drug-likeness (QED) is 0.865. The Balaban J connectivity index is 2.81. The van der Waals surface area contributed by atoms with E-state index in [0.29, 0.717) is 17.5 Å². The van der Waals surface area contributed by atoms with Crippen LogP contribution in [0.4, 0.5) is 4.79 Å². The van der Waals surface area contributed by atoms with E-state index < -0.39 is 5.54 Å². The summed E-state index contributed by atoms with van der Waals surface area (Å²) in [4.78, 5) is 14.2. The number of carbonyl (C=O) groups is 1. The van der Waals surface area contributed by atoms with E-state index in [1.54, 1.807) is 0 Å². The van der Waals surface area contributed by atoms with E-state index >= 15 is 0 Å². The third-order valence-electron chi connectivity index (χ3n) is 3.22. The zero-order valence-corrected chi connectivity index (χ0v) is 13.8. The van der Waals surface area contributed by atoms with Crippen molar-refractivity contribution in [3.05, 3.63) is 34.9 Å². The van der Waals surface area contributed by atoms with Crippen LogP contribution in [-0.4, -0.2) is 24.0 Å². The van der Waals surface area contributed by atoms with Gasteiger partial charge in [-0.2, -0.15) is 0 Å². The molecule has 1 aromatic rings. The molecule has 0 spiro atoms. The monoisotopic (exact) mass is 296 g/mol. The number of amides is 2. The first-order chi connectivity index (χ1) is 9.26. The van der Waals surface area contributed by atoms with Crippen LogP contribution in [0.5, 0.6) is 0 Å². The molecule has 0 saturated carbocycles. The largest absolute Gasteiger partial charge is 0.329 e. The Kier molecular flexibility index (Phi) is 5.88. The molecule has 0 fully saturated rings. The molecule has 0 unspecified atom stereocenters. The van der Waals surface area contributed by atoms with E-state index in [1.165, 1.54) is 0 Å². The van der Waals surface area contributed by atoms with Gasteiger partial charge in [-0.05, 0) is 44.4 Å². The third-order valence-corrected chi connectivity index (χ3v) is 3.46. The molecule has 112 valence electrons. The van der Waals surface area contributed by atoms with Crippen molar-refractivity contribution in [1.29, 1.82) is 0 Å². The first kappa shape index (κ1) is 16.8. The number of rotatable bonds is 5. The van der Waals surface area contributed by atoms with Crippen LogP contribution in [0.15, 0.2) is 24.3 Å². The molecule has 3 nitrogen and oxygen atoms in total. The van der Waals surface area contributed by atoms with Crippen molar-refractivity contribution in [3.8, 4) is 0 Å². The van der Waals surface area contributed by atoms with Gasteiger partial charge < -0.3 is 10.2 Å². The van der Waals surface area contributed by atoms with E-state index in [2.05, 4.69) is 19.2 Å². The smallest absolute Gasteiger partial charge is 0.318 e. The Bertz CT molecular complexity index is 458. The maximum Gasteiger partial charge on any atom is 0.318 e. The Hall–Kier alpha value is -1.22. The predicted molar refractivity (Wildman–Crippen MR) is 85.1 cm³/mol. The summed E-state index contributed by atoms with van der Waals surface area (Å²) in [6.45, 7) is 11.6. The van der Waals surface area contributed by atoms with E-state index in [-0.39, 0.29) is 6.03 Å².